The summed E-state index contributed by atoms with van der Waals surface area (Å²) in [5, 5.41) is 4.41. The lowest BCUT2D eigenvalue weighted by molar-refractivity contribution is 0.394. The molecule has 2 heterocycles. The molecular weight excluding hydrogens is 260 g/mol. The van der Waals surface area contributed by atoms with Crippen molar-refractivity contribution in [3.63, 3.8) is 0 Å². The Morgan fingerprint density at radius 1 is 1.16 bits per heavy atom. The fourth-order valence-corrected chi connectivity index (χ4v) is 3.24. The molecule has 1 aromatic heterocycles. The lowest BCUT2D eigenvalue weighted by Crippen LogP contribution is -2.22. The van der Waals surface area contributed by atoms with E-state index < -0.39 is 0 Å². The molecule has 0 unspecified atom stereocenters. The van der Waals surface area contributed by atoms with Gasteiger partial charge in [-0.2, -0.15) is 0 Å². The number of aromatic nitrogens is 1. The highest BCUT2D eigenvalue weighted by Crippen LogP contribution is 2.34. The smallest absolute Gasteiger partial charge is 0.124 e. The first-order valence-electron chi connectivity index (χ1n) is 6.23. The number of fused-ring (bicyclic) bond motifs is 1. The van der Waals surface area contributed by atoms with Gasteiger partial charge in [0.05, 0.1) is 19.9 Å². The van der Waals surface area contributed by atoms with Gasteiger partial charge in [0, 0.05) is 36.0 Å². The predicted octanol–water partition coefficient (Wildman–Crippen LogP) is 2.47. The van der Waals surface area contributed by atoms with Crippen LogP contribution in [0.1, 0.15) is 10.6 Å². The van der Waals surface area contributed by atoms with Gasteiger partial charge in [0.1, 0.15) is 16.5 Å². The maximum absolute atomic E-state index is 5.31. The molecule has 0 aliphatic carbocycles. The molecule has 1 aliphatic heterocycles. The van der Waals surface area contributed by atoms with Crippen LogP contribution in [0, 0.1) is 0 Å². The average molecular weight is 276 g/mol. The minimum atomic E-state index is 0.792. The van der Waals surface area contributed by atoms with E-state index in [0.717, 1.165) is 41.6 Å². The highest BCUT2D eigenvalue weighted by molar-refractivity contribution is 7.15. The molecule has 0 saturated carbocycles. The largest absolute Gasteiger partial charge is 0.497 e. The van der Waals surface area contributed by atoms with Gasteiger partial charge in [-0.15, -0.1) is 11.3 Å². The molecule has 0 fully saturated rings. The van der Waals surface area contributed by atoms with Gasteiger partial charge in [-0.1, -0.05) is 0 Å². The van der Waals surface area contributed by atoms with Crippen LogP contribution in [0.15, 0.2) is 18.2 Å². The normalized spacial score (nSPS) is 14.0. The second kappa shape index (κ2) is 5.19. The number of rotatable bonds is 3. The molecule has 3 rings (SSSR count). The average Bonchev–Trinajstić information content (AvgIpc) is 2.90. The third-order valence-corrected chi connectivity index (χ3v) is 4.35. The molecule has 5 heteroatoms. The zero-order chi connectivity index (χ0) is 13.2. The maximum atomic E-state index is 5.31. The van der Waals surface area contributed by atoms with Crippen LogP contribution in [-0.4, -0.2) is 25.7 Å². The van der Waals surface area contributed by atoms with E-state index in [2.05, 4.69) is 5.32 Å². The van der Waals surface area contributed by atoms with Crippen LogP contribution in [0.5, 0.6) is 11.5 Å². The zero-order valence-electron chi connectivity index (χ0n) is 11.0. The van der Waals surface area contributed by atoms with E-state index in [0.29, 0.717) is 0 Å². The summed E-state index contributed by atoms with van der Waals surface area (Å²) in [6, 6.07) is 5.87. The first-order chi connectivity index (χ1) is 9.30. The first-order valence-corrected chi connectivity index (χ1v) is 7.04. The number of ether oxygens (including phenoxy) is 2. The molecule has 19 heavy (non-hydrogen) atoms. The van der Waals surface area contributed by atoms with Crippen molar-refractivity contribution in [2.45, 2.75) is 13.0 Å². The van der Waals surface area contributed by atoms with Gasteiger partial charge in [-0.25, -0.2) is 4.98 Å². The predicted molar refractivity (Wildman–Crippen MR) is 76.1 cm³/mol. The Morgan fingerprint density at radius 3 is 2.53 bits per heavy atom. The minimum absolute atomic E-state index is 0.792. The number of thiazole rings is 1. The van der Waals surface area contributed by atoms with Crippen molar-refractivity contribution in [1.29, 1.82) is 0 Å². The van der Waals surface area contributed by atoms with E-state index in [1.165, 1.54) is 10.6 Å². The van der Waals surface area contributed by atoms with E-state index in [1.54, 1.807) is 25.6 Å². The Labute approximate surface area is 116 Å². The van der Waals surface area contributed by atoms with Crippen LogP contribution in [0.4, 0.5) is 0 Å². The van der Waals surface area contributed by atoms with Crippen LogP contribution < -0.4 is 14.8 Å². The molecule has 1 aromatic carbocycles. The molecule has 0 saturated heterocycles. The summed E-state index contributed by atoms with van der Waals surface area (Å²) in [5.74, 6) is 1.58. The fourth-order valence-electron chi connectivity index (χ4n) is 2.18. The highest BCUT2D eigenvalue weighted by atomic mass is 32.1. The van der Waals surface area contributed by atoms with E-state index in [9.17, 15) is 0 Å². The SMILES string of the molecule is COc1cc(OC)cc(-c2nc3c(s2)CNCC3)c1. The summed E-state index contributed by atoms with van der Waals surface area (Å²) in [6.45, 7) is 1.94. The van der Waals surface area contributed by atoms with Gasteiger partial charge in [0.2, 0.25) is 0 Å². The Hall–Kier alpha value is -1.59. The molecule has 0 radical (unpaired) electrons. The minimum Gasteiger partial charge on any atom is -0.497 e. The Bertz CT molecular complexity index is 549. The van der Waals surface area contributed by atoms with Gasteiger partial charge in [0.15, 0.2) is 0 Å². The van der Waals surface area contributed by atoms with Crippen LogP contribution in [0.2, 0.25) is 0 Å². The topological polar surface area (TPSA) is 43.4 Å². The number of nitrogens with one attached hydrogen (secondary N) is 1. The quantitative estimate of drug-likeness (QED) is 0.935. The van der Waals surface area contributed by atoms with Gasteiger partial charge in [-0.3, -0.25) is 0 Å². The monoisotopic (exact) mass is 276 g/mol. The molecule has 4 nitrogen and oxygen atoms in total. The van der Waals surface area contributed by atoms with Crippen LogP contribution in [0.25, 0.3) is 10.6 Å². The Kier molecular flexibility index (Phi) is 3.40. The molecule has 0 atom stereocenters. The summed E-state index contributed by atoms with van der Waals surface area (Å²) in [6.07, 6.45) is 1.01. The van der Waals surface area contributed by atoms with Gasteiger partial charge in [0.25, 0.3) is 0 Å². The van der Waals surface area contributed by atoms with Crippen molar-refractivity contribution in [3.05, 3.63) is 28.8 Å². The van der Waals surface area contributed by atoms with Crippen LogP contribution in [-0.2, 0) is 13.0 Å². The molecule has 2 aromatic rings. The fraction of sp³-hybridized carbons (Fsp3) is 0.357. The van der Waals surface area contributed by atoms with E-state index in [4.69, 9.17) is 14.5 Å². The van der Waals surface area contributed by atoms with Crippen molar-refractivity contribution < 1.29 is 9.47 Å². The van der Waals surface area contributed by atoms with Crippen LogP contribution >= 0.6 is 11.3 Å². The van der Waals surface area contributed by atoms with Crippen molar-refractivity contribution in [2.75, 3.05) is 20.8 Å². The van der Waals surface area contributed by atoms with Crippen molar-refractivity contribution in [1.82, 2.24) is 10.3 Å². The summed E-state index contributed by atoms with van der Waals surface area (Å²) in [5.41, 5.74) is 2.27. The second-order valence-electron chi connectivity index (χ2n) is 4.42. The number of hydrogen-bond donors (Lipinski definition) is 1. The van der Waals surface area contributed by atoms with Crippen molar-refractivity contribution in [2.24, 2.45) is 0 Å². The molecular formula is C14H16N2O2S. The third kappa shape index (κ3) is 2.43. The molecule has 100 valence electrons. The maximum Gasteiger partial charge on any atom is 0.124 e. The standard InChI is InChI=1S/C14H16N2O2S/c1-17-10-5-9(6-11(7-10)18-2)14-16-12-3-4-15-8-13(12)19-14/h5-7,15H,3-4,8H2,1-2H3. The van der Waals surface area contributed by atoms with E-state index in [-0.39, 0.29) is 0 Å². The van der Waals surface area contributed by atoms with Gasteiger partial charge >= 0.3 is 0 Å². The van der Waals surface area contributed by atoms with E-state index >= 15 is 0 Å². The number of methoxy groups -OCH3 is 2. The summed E-state index contributed by atoms with van der Waals surface area (Å²) >= 11 is 1.74. The highest BCUT2D eigenvalue weighted by Gasteiger charge is 2.16. The number of nitrogens with zero attached hydrogens (tertiary/aromatic N) is 1. The molecule has 1 aliphatic rings. The number of hydrogen-bond acceptors (Lipinski definition) is 5. The van der Waals surface area contributed by atoms with E-state index in [1.807, 2.05) is 18.2 Å². The molecule has 0 spiro atoms. The Morgan fingerprint density at radius 2 is 1.89 bits per heavy atom. The molecule has 1 N–H and O–H groups in total. The zero-order valence-corrected chi connectivity index (χ0v) is 11.8. The number of benzene rings is 1. The summed E-state index contributed by atoms with van der Waals surface area (Å²) in [4.78, 5) is 6.08. The second-order valence-corrected chi connectivity index (χ2v) is 5.50. The summed E-state index contributed by atoms with van der Waals surface area (Å²) in [7, 11) is 3.32. The third-order valence-electron chi connectivity index (χ3n) is 3.20. The van der Waals surface area contributed by atoms with Gasteiger partial charge < -0.3 is 14.8 Å². The molecule has 0 bridgehead atoms. The summed E-state index contributed by atoms with van der Waals surface area (Å²) < 4.78 is 10.6. The van der Waals surface area contributed by atoms with Gasteiger partial charge in [-0.05, 0) is 12.1 Å². The Balaban J connectivity index is 2.03. The molecule has 0 amide bonds. The van der Waals surface area contributed by atoms with Crippen LogP contribution in [0.3, 0.4) is 0 Å². The van der Waals surface area contributed by atoms with Crippen molar-refractivity contribution in [3.8, 4) is 22.1 Å². The lowest BCUT2D eigenvalue weighted by atomic mass is 10.2. The first kappa shape index (κ1) is 12.4. The van der Waals surface area contributed by atoms with Crippen molar-refractivity contribution >= 4 is 11.3 Å². The lowest BCUT2D eigenvalue weighted by Gasteiger charge is -2.09.